The van der Waals surface area contributed by atoms with Gasteiger partial charge in [-0.1, -0.05) is 23.2 Å². The number of benzene rings is 1. The first kappa shape index (κ1) is 17.7. The van der Waals surface area contributed by atoms with Gasteiger partial charge in [-0.3, -0.25) is 9.69 Å². The van der Waals surface area contributed by atoms with Crippen LogP contribution in [-0.2, 0) is 10.3 Å². The molecule has 0 spiro atoms. The van der Waals surface area contributed by atoms with E-state index in [0.29, 0.717) is 14.9 Å². The number of hydrogen-bond acceptors (Lipinski definition) is 5. The molecule has 1 aromatic carbocycles. The van der Waals surface area contributed by atoms with Gasteiger partial charge in [-0.05, 0) is 36.8 Å². The maximum absolute atomic E-state index is 12.2. The first-order valence-corrected chi connectivity index (χ1v) is 8.93. The number of carbonyl (C=O) groups excluding carboxylic acids is 1. The number of nitrogens with two attached hydrogens (primary N) is 1. The number of rotatable bonds is 2. The second-order valence-corrected chi connectivity index (χ2v) is 8.10. The van der Waals surface area contributed by atoms with Crippen LogP contribution < -0.4 is 5.73 Å². The molecule has 1 aliphatic rings. The Morgan fingerprint density at radius 2 is 2.08 bits per heavy atom. The van der Waals surface area contributed by atoms with Crippen LogP contribution in [0, 0.1) is 11.3 Å². The molecule has 1 atom stereocenters. The zero-order valence-corrected chi connectivity index (χ0v) is 15.8. The van der Waals surface area contributed by atoms with E-state index in [0.717, 1.165) is 16.0 Å². The van der Waals surface area contributed by atoms with Crippen molar-refractivity contribution in [3.63, 3.8) is 0 Å². The summed E-state index contributed by atoms with van der Waals surface area (Å²) in [5.74, 6) is 0.0786. The average molecular weight is 393 g/mol. The predicted molar refractivity (Wildman–Crippen MR) is 101 cm³/mol. The van der Waals surface area contributed by atoms with Gasteiger partial charge < -0.3 is 5.73 Å². The van der Waals surface area contributed by atoms with Crippen molar-refractivity contribution in [1.29, 1.82) is 5.26 Å². The molecule has 0 radical (unpaired) electrons. The first-order chi connectivity index (χ1) is 11.7. The van der Waals surface area contributed by atoms with Gasteiger partial charge in [-0.25, -0.2) is 4.99 Å². The minimum absolute atomic E-state index is 0.101. The highest BCUT2D eigenvalue weighted by Crippen LogP contribution is 2.44. The Labute approximate surface area is 159 Å². The van der Waals surface area contributed by atoms with E-state index < -0.39 is 5.54 Å². The van der Waals surface area contributed by atoms with E-state index in [2.05, 4.69) is 11.1 Å². The molecule has 5 nitrogen and oxygen atoms in total. The highest BCUT2D eigenvalue weighted by atomic mass is 35.5. The highest BCUT2D eigenvalue weighted by molar-refractivity contribution is 7.17. The van der Waals surface area contributed by atoms with Gasteiger partial charge in [0.05, 0.1) is 18.1 Å². The van der Waals surface area contributed by atoms with E-state index >= 15 is 0 Å². The molecule has 1 aliphatic heterocycles. The largest absolute Gasteiger partial charge is 0.369 e. The molecule has 0 aliphatic carbocycles. The van der Waals surface area contributed by atoms with E-state index in [4.69, 9.17) is 34.2 Å². The third kappa shape index (κ3) is 3.23. The SMILES string of the molecule is CN1C(=O)C[C@@](C)(c2cc(-c3cc(Cl)cc(C#N)c3)c(Cl)s2)N=C1N. The van der Waals surface area contributed by atoms with Crippen molar-refractivity contribution in [1.82, 2.24) is 4.90 Å². The Morgan fingerprint density at radius 3 is 2.72 bits per heavy atom. The summed E-state index contributed by atoms with van der Waals surface area (Å²) in [5, 5.41) is 9.58. The number of thiophene rings is 1. The smallest absolute Gasteiger partial charge is 0.231 e. The van der Waals surface area contributed by atoms with E-state index in [-0.39, 0.29) is 18.3 Å². The second kappa shape index (κ2) is 6.34. The van der Waals surface area contributed by atoms with E-state index in [1.807, 2.05) is 13.0 Å². The van der Waals surface area contributed by atoms with Gasteiger partial charge in [0.2, 0.25) is 5.91 Å². The Morgan fingerprint density at radius 1 is 1.36 bits per heavy atom. The summed E-state index contributed by atoms with van der Waals surface area (Å²) >= 11 is 13.9. The van der Waals surface area contributed by atoms with Crippen LogP contribution in [0.5, 0.6) is 0 Å². The molecule has 0 saturated carbocycles. The molecule has 0 bridgehead atoms. The lowest BCUT2D eigenvalue weighted by Gasteiger charge is -2.32. The van der Waals surface area contributed by atoms with Crippen molar-refractivity contribution in [2.75, 3.05) is 7.05 Å². The van der Waals surface area contributed by atoms with Crippen molar-refractivity contribution in [2.45, 2.75) is 18.9 Å². The molecule has 0 saturated heterocycles. The van der Waals surface area contributed by atoms with Crippen LogP contribution in [0.1, 0.15) is 23.8 Å². The highest BCUT2D eigenvalue weighted by Gasteiger charge is 2.37. The Balaban J connectivity index is 2.09. The molecule has 1 aromatic heterocycles. The fraction of sp³-hybridized carbons (Fsp3) is 0.235. The predicted octanol–water partition coefficient (Wildman–Crippen LogP) is 3.99. The number of nitrogens with zero attached hydrogens (tertiary/aromatic N) is 3. The van der Waals surface area contributed by atoms with Crippen LogP contribution in [0.3, 0.4) is 0 Å². The summed E-state index contributed by atoms with van der Waals surface area (Å²) in [6, 6.07) is 9.03. The van der Waals surface area contributed by atoms with Gasteiger partial charge >= 0.3 is 0 Å². The molecule has 128 valence electrons. The number of halogens is 2. The molecule has 1 amide bonds. The van der Waals surface area contributed by atoms with E-state index in [1.165, 1.54) is 16.2 Å². The van der Waals surface area contributed by atoms with Gasteiger partial charge in [0.25, 0.3) is 0 Å². The standard InChI is InChI=1S/C17H14Cl2N4OS/c1-17(7-14(24)23(2)16(21)22-17)13-6-12(15(19)25-13)10-3-9(8-20)4-11(18)5-10/h3-6H,7H2,1-2H3,(H2,21,22)/t17-/m0/s1. The molecule has 25 heavy (non-hydrogen) atoms. The lowest BCUT2D eigenvalue weighted by molar-refractivity contribution is -0.128. The third-order valence-corrected chi connectivity index (χ3v) is 5.96. The maximum atomic E-state index is 12.2. The number of amides is 1. The minimum Gasteiger partial charge on any atom is -0.369 e. The van der Waals surface area contributed by atoms with Gasteiger partial charge in [-0.2, -0.15) is 5.26 Å². The second-order valence-electron chi connectivity index (χ2n) is 6.01. The van der Waals surface area contributed by atoms with Crippen LogP contribution in [-0.4, -0.2) is 23.8 Å². The van der Waals surface area contributed by atoms with Gasteiger partial charge in [0.1, 0.15) is 9.88 Å². The summed E-state index contributed by atoms with van der Waals surface area (Å²) in [4.78, 5) is 18.8. The van der Waals surface area contributed by atoms with Gasteiger partial charge in [-0.15, -0.1) is 11.3 Å². The summed E-state index contributed by atoms with van der Waals surface area (Å²) in [6.07, 6.45) is 0.208. The van der Waals surface area contributed by atoms with Crippen molar-refractivity contribution in [2.24, 2.45) is 10.7 Å². The Kier molecular flexibility index (Phi) is 4.50. The van der Waals surface area contributed by atoms with Gasteiger partial charge in [0, 0.05) is 22.5 Å². The van der Waals surface area contributed by atoms with E-state index in [9.17, 15) is 4.79 Å². The number of nitriles is 1. The quantitative estimate of drug-likeness (QED) is 0.838. The Bertz CT molecular complexity index is 947. The molecule has 2 heterocycles. The van der Waals surface area contributed by atoms with Crippen molar-refractivity contribution >= 4 is 46.4 Å². The normalized spacial score (nSPS) is 20.4. The molecule has 2 N–H and O–H groups in total. The maximum Gasteiger partial charge on any atom is 0.231 e. The molecule has 0 fully saturated rings. The lowest BCUT2D eigenvalue weighted by Crippen LogP contribution is -2.47. The molecule has 2 aromatic rings. The third-order valence-electron chi connectivity index (χ3n) is 4.13. The topological polar surface area (TPSA) is 82.5 Å². The number of aliphatic imine (C=N–C) groups is 1. The summed E-state index contributed by atoms with van der Waals surface area (Å²) in [6.45, 7) is 1.86. The van der Waals surface area contributed by atoms with Crippen LogP contribution in [0.2, 0.25) is 9.36 Å². The Hall–Kier alpha value is -2.07. The monoisotopic (exact) mass is 392 g/mol. The van der Waals surface area contributed by atoms with Crippen molar-refractivity contribution in [3.05, 3.63) is 44.1 Å². The zero-order chi connectivity index (χ0) is 18.4. The van der Waals surface area contributed by atoms with Crippen LogP contribution in [0.4, 0.5) is 0 Å². The number of guanidine groups is 1. The summed E-state index contributed by atoms with van der Waals surface area (Å²) in [5.41, 5.74) is 7.05. The molecular formula is C17H14Cl2N4OS. The zero-order valence-electron chi connectivity index (χ0n) is 13.5. The molecule has 0 unspecified atom stereocenters. The van der Waals surface area contributed by atoms with Crippen molar-refractivity contribution in [3.8, 4) is 17.2 Å². The minimum atomic E-state index is -0.767. The van der Waals surface area contributed by atoms with Gasteiger partial charge in [0.15, 0.2) is 5.96 Å². The molecule has 8 heteroatoms. The van der Waals surface area contributed by atoms with Crippen LogP contribution >= 0.6 is 34.5 Å². The van der Waals surface area contributed by atoms with Crippen LogP contribution in [0.15, 0.2) is 29.3 Å². The average Bonchev–Trinajstić information content (AvgIpc) is 2.94. The molecule has 3 rings (SSSR count). The fourth-order valence-electron chi connectivity index (χ4n) is 2.69. The summed E-state index contributed by atoms with van der Waals surface area (Å²) < 4.78 is 0.544. The van der Waals surface area contributed by atoms with Crippen molar-refractivity contribution < 1.29 is 4.79 Å². The molecular weight excluding hydrogens is 379 g/mol. The summed E-state index contributed by atoms with van der Waals surface area (Å²) in [7, 11) is 1.60. The lowest BCUT2D eigenvalue weighted by atomic mass is 9.93. The number of hydrogen-bond donors (Lipinski definition) is 1. The fourth-order valence-corrected chi connectivity index (χ4v) is 4.33. The number of carbonyl (C=O) groups is 1. The van der Waals surface area contributed by atoms with Crippen LogP contribution in [0.25, 0.3) is 11.1 Å². The first-order valence-electron chi connectivity index (χ1n) is 7.36. The van der Waals surface area contributed by atoms with E-state index in [1.54, 1.807) is 25.2 Å².